The van der Waals surface area contributed by atoms with Crippen LogP contribution in [0.1, 0.15) is 11.1 Å². The number of nitrogens with zero attached hydrogens (tertiary/aromatic N) is 1. The number of halogens is 2. The predicted octanol–water partition coefficient (Wildman–Crippen LogP) is 3.34. The molecule has 110 valence electrons. The van der Waals surface area contributed by atoms with Gasteiger partial charge in [-0.25, -0.2) is 4.39 Å². The lowest BCUT2D eigenvalue weighted by molar-refractivity contribution is 0.624. The van der Waals surface area contributed by atoms with Crippen molar-refractivity contribution in [2.24, 2.45) is 4.99 Å². The zero-order valence-electron chi connectivity index (χ0n) is 11.7. The van der Waals surface area contributed by atoms with Crippen molar-refractivity contribution in [3.05, 3.63) is 70.5 Å². The Kier molecular flexibility index (Phi) is 5.58. The van der Waals surface area contributed by atoms with Crippen molar-refractivity contribution < 1.29 is 4.39 Å². The van der Waals surface area contributed by atoms with Gasteiger partial charge in [-0.2, -0.15) is 0 Å². The number of benzene rings is 2. The molecule has 0 aliphatic rings. The maximum atomic E-state index is 13.1. The first kappa shape index (κ1) is 15.3. The Morgan fingerprint density at radius 1 is 1.05 bits per heavy atom. The molecule has 0 fully saturated rings. The van der Waals surface area contributed by atoms with E-state index in [1.807, 2.05) is 30.3 Å². The second-order valence-electron chi connectivity index (χ2n) is 4.54. The predicted molar refractivity (Wildman–Crippen MR) is 84.9 cm³/mol. The van der Waals surface area contributed by atoms with E-state index in [1.54, 1.807) is 13.1 Å². The minimum Gasteiger partial charge on any atom is -0.352 e. The van der Waals surface area contributed by atoms with E-state index in [9.17, 15) is 4.39 Å². The summed E-state index contributed by atoms with van der Waals surface area (Å²) >= 11 is 5.84. The van der Waals surface area contributed by atoms with Gasteiger partial charge in [0.05, 0.1) is 0 Å². The van der Waals surface area contributed by atoms with Crippen molar-refractivity contribution in [3.63, 3.8) is 0 Å². The first-order valence-corrected chi connectivity index (χ1v) is 6.98. The van der Waals surface area contributed by atoms with E-state index in [4.69, 9.17) is 11.6 Å². The van der Waals surface area contributed by atoms with Crippen LogP contribution in [0, 0.1) is 5.82 Å². The smallest absolute Gasteiger partial charge is 0.191 e. The molecule has 5 heteroatoms. The van der Waals surface area contributed by atoms with Crippen molar-refractivity contribution in [2.45, 2.75) is 13.1 Å². The summed E-state index contributed by atoms with van der Waals surface area (Å²) in [5.74, 6) is 0.424. The number of hydrogen-bond donors (Lipinski definition) is 2. The summed E-state index contributed by atoms with van der Waals surface area (Å²) in [4.78, 5) is 4.13. The van der Waals surface area contributed by atoms with Gasteiger partial charge in [-0.1, -0.05) is 35.9 Å². The topological polar surface area (TPSA) is 36.4 Å². The molecule has 0 spiro atoms. The number of hydrogen-bond acceptors (Lipinski definition) is 1. The van der Waals surface area contributed by atoms with Crippen molar-refractivity contribution in [1.82, 2.24) is 10.6 Å². The summed E-state index contributed by atoms with van der Waals surface area (Å²) < 4.78 is 13.1. The number of aliphatic imine (C=N–C) groups is 1. The quantitative estimate of drug-likeness (QED) is 0.671. The van der Waals surface area contributed by atoms with Gasteiger partial charge in [-0.15, -0.1) is 0 Å². The van der Waals surface area contributed by atoms with Gasteiger partial charge in [0.2, 0.25) is 0 Å². The highest BCUT2D eigenvalue weighted by atomic mass is 35.5. The largest absolute Gasteiger partial charge is 0.352 e. The highest BCUT2D eigenvalue weighted by Crippen LogP contribution is 2.09. The van der Waals surface area contributed by atoms with Crippen LogP contribution in [0.25, 0.3) is 0 Å². The molecule has 3 nitrogen and oxygen atoms in total. The Hall–Kier alpha value is -2.07. The molecule has 21 heavy (non-hydrogen) atoms. The Morgan fingerprint density at radius 3 is 2.33 bits per heavy atom. The highest BCUT2D eigenvalue weighted by molar-refractivity contribution is 6.30. The minimum absolute atomic E-state index is 0.238. The molecule has 2 aromatic carbocycles. The molecule has 0 aliphatic heterocycles. The fourth-order valence-electron chi connectivity index (χ4n) is 1.84. The van der Waals surface area contributed by atoms with Crippen LogP contribution in [0.2, 0.25) is 5.02 Å². The van der Waals surface area contributed by atoms with E-state index in [2.05, 4.69) is 15.6 Å². The molecule has 0 aromatic heterocycles. The Balaban J connectivity index is 1.85. The van der Waals surface area contributed by atoms with Crippen LogP contribution in [-0.4, -0.2) is 13.0 Å². The van der Waals surface area contributed by atoms with Gasteiger partial charge in [-0.05, 0) is 35.4 Å². The third kappa shape index (κ3) is 5.08. The molecule has 0 unspecified atom stereocenters. The van der Waals surface area contributed by atoms with Crippen LogP contribution in [0.3, 0.4) is 0 Å². The number of nitrogens with one attached hydrogen (secondary N) is 2. The standard InChI is InChI=1S/C16H17ClFN3/c1-19-16(20-10-12-5-7-14(17)8-6-12)21-11-13-3-2-4-15(18)9-13/h2-9H,10-11H2,1H3,(H2,19,20,21). The third-order valence-corrected chi connectivity index (χ3v) is 3.20. The molecule has 2 N–H and O–H groups in total. The second kappa shape index (κ2) is 7.64. The average molecular weight is 306 g/mol. The van der Waals surface area contributed by atoms with Crippen LogP contribution in [0.15, 0.2) is 53.5 Å². The number of rotatable bonds is 4. The molecule has 0 heterocycles. The van der Waals surface area contributed by atoms with Crippen LogP contribution >= 0.6 is 11.6 Å². The molecule has 2 rings (SSSR count). The van der Waals surface area contributed by atoms with Gasteiger partial charge in [-0.3, -0.25) is 4.99 Å². The van der Waals surface area contributed by atoms with Crippen LogP contribution in [-0.2, 0) is 13.1 Å². The SMILES string of the molecule is CN=C(NCc1ccc(Cl)cc1)NCc1cccc(F)c1. The maximum absolute atomic E-state index is 13.1. The van der Waals surface area contributed by atoms with Crippen LogP contribution in [0.5, 0.6) is 0 Å². The second-order valence-corrected chi connectivity index (χ2v) is 4.97. The van der Waals surface area contributed by atoms with Crippen molar-refractivity contribution in [3.8, 4) is 0 Å². The van der Waals surface area contributed by atoms with Crippen molar-refractivity contribution >= 4 is 17.6 Å². The van der Waals surface area contributed by atoms with Gasteiger partial charge in [0, 0.05) is 25.2 Å². The van der Waals surface area contributed by atoms with E-state index >= 15 is 0 Å². The monoisotopic (exact) mass is 305 g/mol. The zero-order chi connectivity index (χ0) is 15.1. The molecule has 0 saturated heterocycles. The molecule has 0 bridgehead atoms. The van der Waals surface area contributed by atoms with Gasteiger partial charge >= 0.3 is 0 Å². The molecule has 0 saturated carbocycles. The summed E-state index contributed by atoms with van der Waals surface area (Å²) in [5, 5.41) is 7.05. The molecular weight excluding hydrogens is 289 g/mol. The van der Waals surface area contributed by atoms with Crippen LogP contribution < -0.4 is 10.6 Å². The van der Waals surface area contributed by atoms with Crippen molar-refractivity contribution in [1.29, 1.82) is 0 Å². The third-order valence-electron chi connectivity index (χ3n) is 2.95. The van der Waals surface area contributed by atoms with Crippen molar-refractivity contribution in [2.75, 3.05) is 7.05 Å². The van der Waals surface area contributed by atoms with Gasteiger partial charge in [0.15, 0.2) is 5.96 Å². The molecule has 0 atom stereocenters. The molecule has 0 radical (unpaired) electrons. The first-order chi connectivity index (χ1) is 10.2. The van der Waals surface area contributed by atoms with E-state index < -0.39 is 0 Å². The van der Waals surface area contributed by atoms with Gasteiger partial charge in [0.25, 0.3) is 0 Å². The molecule has 2 aromatic rings. The summed E-state index contributed by atoms with van der Waals surface area (Å²) in [5.41, 5.74) is 1.97. The molecule has 0 amide bonds. The van der Waals surface area contributed by atoms with E-state index in [0.29, 0.717) is 24.1 Å². The summed E-state index contributed by atoms with van der Waals surface area (Å²) in [6, 6.07) is 14.1. The van der Waals surface area contributed by atoms with E-state index in [1.165, 1.54) is 12.1 Å². The lowest BCUT2D eigenvalue weighted by Crippen LogP contribution is -2.36. The molecule has 0 aliphatic carbocycles. The van der Waals surface area contributed by atoms with Crippen LogP contribution in [0.4, 0.5) is 4.39 Å². The highest BCUT2D eigenvalue weighted by Gasteiger charge is 2.00. The lowest BCUT2D eigenvalue weighted by Gasteiger charge is -2.12. The van der Waals surface area contributed by atoms with E-state index in [-0.39, 0.29) is 5.82 Å². The normalized spacial score (nSPS) is 11.3. The fourth-order valence-corrected chi connectivity index (χ4v) is 1.97. The Labute approximate surface area is 128 Å². The number of guanidine groups is 1. The summed E-state index contributed by atoms with van der Waals surface area (Å²) in [6.45, 7) is 1.15. The van der Waals surface area contributed by atoms with Gasteiger partial charge < -0.3 is 10.6 Å². The zero-order valence-corrected chi connectivity index (χ0v) is 12.5. The molecular formula is C16H17ClFN3. The summed E-state index contributed by atoms with van der Waals surface area (Å²) in [7, 11) is 1.70. The maximum Gasteiger partial charge on any atom is 0.191 e. The Morgan fingerprint density at radius 2 is 1.71 bits per heavy atom. The lowest BCUT2D eigenvalue weighted by atomic mass is 10.2. The average Bonchev–Trinajstić information content (AvgIpc) is 2.49. The van der Waals surface area contributed by atoms with Gasteiger partial charge in [0.1, 0.15) is 5.82 Å². The Bertz CT molecular complexity index is 611. The minimum atomic E-state index is -0.238. The van der Waals surface area contributed by atoms with E-state index in [0.717, 1.165) is 11.1 Å². The summed E-state index contributed by atoms with van der Waals surface area (Å²) in [6.07, 6.45) is 0. The fraction of sp³-hybridized carbons (Fsp3) is 0.188. The first-order valence-electron chi connectivity index (χ1n) is 6.61.